The van der Waals surface area contributed by atoms with Gasteiger partial charge in [0, 0.05) is 28.7 Å². The Morgan fingerprint density at radius 3 is 2.75 bits per heavy atom. The maximum atomic E-state index is 14.4. The summed E-state index contributed by atoms with van der Waals surface area (Å²) >= 11 is 3.27. The lowest BCUT2D eigenvalue weighted by molar-refractivity contribution is -0.384. The third-order valence-corrected chi connectivity index (χ3v) is 4.56. The van der Waals surface area contributed by atoms with Gasteiger partial charge in [-0.25, -0.2) is 4.39 Å². The summed E-state index contributed by atoms with van der Waals surface area (Å²) in [6, 6.07) is 7.24. The van der Waals surface area contributed by atoms with E-state index in [4.69, 9.17) is 0 Å². The van der Waals surface area contributed by atoms with Crippen LogP contribution in [-0.4, -0.2) is 17.4 Å². The SMILES string of the molecule is Cc1cc([N+](=O)[O-])ccc1C(=O)N1CCCc2cc(Br)cc(F)c21. The molecule has 0 N–H and O–H groups in total. The summed E-state index contributed by atoms with van der Waals surface area (Å²) < 4.78 is 15.1. The molecule has 0 radical (unpaired) electrons. The predicted octanol–water partition coefficient (Wildman–Crippen LogP) is 4.40. The van der Waals surface area contributed by atoms with Gasteiger partial charge in [-0.3, -0.25) is 14.9 Å². The third kappa shape index (κ3) is 2.91. The van der Waals surface area contributed by atoms with Gasteiger partial charge in [0.15, 0.2) is 0 Å². The molecule has 1 amide bonds. The summed E-state index contributed by atoms with van der Waals surface area (Å²) in [7, 11) is 0. The van der Waals surface area contributed by atoms with Gasteiger partial charge in [0.1, 0.15) is 5.82 Å². The van der Waals surface area contributed by atoms with E-state index < -0.39 is 10.7 Å². The fourth-order valence-electron chi connectivity index (χ4n) is 3.00. The van der Waals surface area contributed by atoms with Crippen molar-refractivity contribution < 1.29 is 14.1 Å². The van der Waals surface area contributed by atoms with E-state index in [9.17, 15) is 19.3 Å². The summed E-state index contributed by atoms with van der Waals surface area (Å²) in [6.07, 6.45) is 1.44. The number of anilines is 1. The van der Waals surface area contributed by atoms with Crippen molar-refractivity contribution in [2.75, 3.05) is 11.4 Å². The van der Waals surface area contributed by atoms with Crippen LogP contribution in [0.15, 0.2) is 34.8 Å². The molecule has 2 aromatic rings. The largest absolute Gasteiger partial charge is 0.305 e. The molecule has 0 saturated carbocycles. The molecular formula is C17H14BrFN2O3. The van der Waals surface area contributed by atoms with Crippen molar-refractivity contribution in [2.45, 2.75) is 19.8 Å². The highest BCUT2D eigenvalue weighted by Crippen LogP contribution is 2.34. The molecule has 1 aliphatic heterocycles. The highest BCUT2D eigenvalue weighted by atomic mass is 79.9. The highest BCUT2D eigenvalue weighted by molar-refractivity contribution is 9.10. The normalized spacial score (nSPS) is 13.5. The van der Waals surface area contributed by atoms with Crippen LogP contribution in [0.2, 0.25) is 0 Å². The van der Waals surface area contributed by atoms with Gasteiger partial charge in [-0.05, 0) is 49.1 Å². The number of hydrogen-bond donors (Lipinski definition) is 0. The number of amides is 1. The Hall–Kier alpha value is -2.28. The molecule has 7 heteroatoms. The monoisotopic (exact) mass is 392 g/mol. The van der Waals surface area contributed by atoms with E-state index in [1.54, 1.807) is 6.92 Å². The Kier molecular flexibility index (Phi) is 4.36. The Labute approximate surface area is 146 Å². The molecule has 5 nitrogen and oxygen atoms in total. The van der Waals surface area contributed by atoms with E-state index >= 15 is 0 Å². The fourth-order valence-corrected chi connectivity index (χ4v) is 3.48. The number of nitrogens with zero attached hydrogens (tertiary/aromatic N) is 2. The zero-order valence-electron chi connectivity index (χ0n) is 12.9. The first-order valence-corrected chi connectivity index (χ1v) is 8.22. The van der Waals surface area contributed by atoms with Gasteiger partial charge in [0.25, 0.3) is 11.6 Å². The van der Waals surface area contributed by atoms with Gasteiger partial charge in [-0.15, -0.1) is 0 Å². The van der Waals surface area contributed by atoms with E-state index in [2.05, 4.69) is 15.9 Å². The molecule has 0 bridgehead atoms. The molecule has 0 atom stereocenters. The minimum absolute atomic E-state index is 0.0711. The molecule has 3 rings (SSSR count). The van der Waals surface area contributed by atoms with Gasteiger partial charge in [-0.1, -0.05) is 15.9 Å². The molecule has 0 unspecified atom stereocenters. The molecule has 1 heterocycles. The maximum Gasteiger partial charge on any atom is 0.269 e. The zero-order chi connectivity index (χ0) is 17.4. The molecule has 2 aromatic carbocycles. The number of rotatable bonds is 2. The van der Waals surface area contributed by atoms with Gasteiger partial charge in [0.2, 0.25) is 0 Å². The first-order chi connectivity index (χ1) is 11.4. The Balaban J connectivity index is 2.03. The minimum atomic E-state index is -0.505. The minimum Gasteiger partial charge on any atom is -0.305 e. The van der Waals surface area contributed by atoms with E-state index in [1.807, 2.05) is 6.07 Å². The van der Waals surface area contributed by atoms with Crippen LogP contribution in [0.4, 0.5) is 15.8 Å². The zero-order valence-corrected chi connectivity index (χ0v) is 14.5. The number of carbonyl (C=O) groups is 1. The molecule has 124 valence electrons. The molecule has 0 fully saturated rings. The second kappa shape index (κ2) is 6.32. The van der Waals surface area contributed by atoms with Crippen LogP contribution < -0.4 is 4.90 Å². The van der Waals surface area contributed by atoms with Gasteiger partial charge >= 0.3 is 0 Å². The summed E-state index contributed by atoms with van der Waals surface area (Å²) in [5.74, 6) is -0.795. The Morgan fingerprint density at radius 1 is 1.33 bits per heavy atom. The van der Waals surface area contributed by atoms with Crippen LogP contribution in [0, 0.1) is 22.9 Å². The van der Waals surface area contributed by atoms with Crippen molar-refractivity contribution in [1.82, 2.24) is 0 Å². The van der Waals surface area contributed by atoms with Crippen molar-refractivity contribution in [3.63, 3.8) is 0 Å². The van der Waals surface area contributed by atoms with E-state index in [0.717, 1.165) is 12.0 Å². The number of fused-ring (bicyclic) bond motifs is 1. The number of nitro benzene ring substituents is 1. The predicted molar refractivity (Wildman–Crippen MR) is 91.9 cm³/mol. The summed E-state index contributed by atoms with van der Waals surface area (Å²) in [5, 5.41) is 10.8. The van der Waals surface area contributed by atoms with E-state index in [1.165, 1.54) is 29.2 Å². The molecule has 24 heavy (non-hydrogen) atoms. The van der Waals surface area contributed by atoms with Crippen LogP contribution >= 0.6 is 15.9 Å². The molecule has 0 saturated heterocycles. The van der Waals surface area contributed by atoms with Crippen LogP contribution in [0.25, 0.3) is 0 Å². The lowest BCUT2D eigenvalue weighted by atomic mass is 9.99. The summed E-state index contributed by atoms with van der Waals surface area (Å²) in [6.45, 7) is 2.06. The number of aryl methyl sites for hydroxylation is 2. The van der Waals surface area contributed by atoms with Crippen molar-refractivity contribution >= 4 is 33.2 Å². The van der Waals surface area contributed by atoms with Crippen LogP contribution in [0.3, 0.4) is 0 Å². The van der Waals surface area contributed by atoms with Gasteiger partial charge < -0.3 is 4.90 Å². The molecular weight excluding hydrogens is 379 g/mol. The average Bonchev–Trinajstić information content (AvgIpc) is 2.53. The van der Waals surface area contributed by atoms with Crippen LogP contribution in [0.5, 0.6) is 0 Å². The first-order valence-electron chi connectivity index (χ1n) is 7.43. The van der Waals surface area contributed by atoms with E-state index in [0.29, 0.717) is 34.3 Å². The van der Waals surface area contributed by atoms with Crippen LogP contribution in [-0.2, 0) is 6.42 Å². The van der Waals surface area contributed by atoms with Gasteiger partial charge in [-0.2, -0.15) is 0 Å². The average molecular weight is 393 g/mol. The molecule has 0 aromatic heterocycles. The number of carbonyl (C=O) groups excluding carboxylic acids is 1. The standard InChI is InChI=1S/C17H14BrFN2O3/c1-10-7-13(21(23)24)4-5-14(10)17(22)20-6-2-3-11-8-12(18)9-15(19)16(11)20/h4-5,7-9H,2-3,6H2,1H3. The number of nitro groups is 1. The topological polar surface area (TPSA) is 63.5 Å². The molecule has 0 aliphatic carbocycles. The third-order valence-electron chi connectivity index (χ3n) is 4.10. The summed E-state index contributed by atoms with van der Waals surface area (Å²) in [4.78, 5) is 24.6. The van der Waals surface area contributed by atoms with Crippen molar-refractivity contribution in [3.05, 3.63) is 67.4 Å². The van der Waals surface area contributed by atoms with E-state index in [-0.39, 0.29) is 11.6 Å². The van der Waals surface area contributed by atoms with Crippen LogP contribution in [0.1, 0.15) is 27.9 Å². The maximum absolute atomic E-state index is 14.4. The lowest BCUT2D eigenvalue weighted by Crippen LogP contribution is -2.36. The quantitative estimate of drug-likeness (QED) is 0.561. The summed E-state index contributed by atoms with van der Waals surface area (Å²) in [5.41, 5.74) is 1.85. The lowest BCUT2D eigenvalue weighted by Gasteiger charge is -2.30. The Bertz CT molecular complexity index is 854. The second-order valence-electron chi connectivity index (χ2n) is 5.71. The fraction of sp³-hybridized carbons (Fsp3) is 0.235. The number of hydrogen-bond acceptors (Lipinski definition) is 3. The second-order valence-corrected chi connectivity index (χ2v) is 6.63. The van der Waals surface area contributed by atoms with Crippen molar-refractivity contribution in [3.8, 4) is 0 Å². The number of benzene rings is 2. The molecule has 0 spiro atoms. The number of halogens is 2. The Morgan fingerprint density at radius 2 is 2.08 bits per heavy atom. The molecule has 1 aliphatic rings. The first kappa shape index (κ1) is 16.6. The number of non-ortho nitro benzene ring substituents is 1. The van der Waals surface area contributed by atoms with Crippen molar-refractivity contribution in [1.29, 1.82) is 0 Å². The highest BCUT2D eigenvalue weighted by Gasteiger charge is 2.28. The van der Waals surface area contributed by atoms with Gasteiger partial charge in [0.05, 0.1) is 10.6 Å². The smallest absolute Gasteiger partial charge is 0.269 e. The van der Waals surface area contributed by atoms with Crippen molar-refractivity contribution in [2.24, 2.45) is 0 Å².